The van der Waals surface area contributed by atoms with E-state index in [9.17, 15) is 4.39 Å². The number of rotatable bonds is 10. The highest BCUT2D eigenvalue weighted by atomic mass is 19.1. The van der Waals surface area contributed by atoms with E-state index >= 15 is 0 Å². The summed E-state index contributed by atoms with van der Waals surface area (Å²) in [6.07, 6.45) is 5.54. The van der Waals surface area contributed by atoms with Crippen molar-refractivity contribution < 1.29 is 13.9 Å². The van der Waals surface area contributed by atoms with Crippen LogP contribution >= 0.6 is 0 Å². The van der Waals surface area contributed by atoms with E-state index < -0.39 is 0 Å². The number of ether oxygens (including phenoxy) is 2. The summed E-state index contributed by atoms with van der Waals surface area (Å²) in [5.41, 5.74) is 5.13. The maximum absolute atomic E-state index is 13.7. The van der Waals surface area contributed by atoms with Gasteiger partial charge in [0.2, 0.25) is 0 Å². The molecule has 5 rings (SSSR count). The normalized spacial score (nSPS) is 14.8. The van der Waals surface area contributed by atoms with Crippen LogP contribution in [-0.4, -0.2) is 53.4 Å². The lowest BCUT2D eigenvalue weighted by Gasteiger charge is -2.27. The molecule has 0 fully saturated rings. The number of hydrogen-bond acceptors (Lipinski definition) is 5. The molecule has 1 aliphatic heterocycles. The smallest absolute Gasteiger partial charge is 0.123 e. The van der Waals surface area contributed by atoms with Crippen LogP contribution in [-0.2, 0) is 17.7 Å². The average Bonchev–Trinajstić information content (AvgIpc) is 3.48. The summed E-state index contributed by atoms with van der Waals surface area (Å²) in [6.45, 7) is 3.15. The summed E-state index contributed by atoms with van der Waals surface area (Å²) in [6, 6.07) is 19.1. The minimum absolute atomic E-state index is 0.250. The fourth-order valence-corrected chi connectivity index (χ4v) is 5.02. The number of fused-ring (bicyclic) bond motifs is 1. The van der Waals surface area contributed by atoms with E-state index in [0.29, 0.717) is 6.61 Å². The molecule has 0 saturated heterocycles. The molecular formula is C29H31FN4O2. The van der Waals surface area contributed by atoms with Gasteiger partial charge in [-0.15, -0.1) is 0 Å². The van der Waals surface area contributed by atoms with E-state index in [4.69, 9.17) is 14.5 Å². The molecule has 0 radical (unpaired) electrons. The van der Waals surface area contributed by atoms with Gasteiger partial charge in [-0.3, -0.25) is 9.88 Å². The Kier molecular flexibility index (Phi) is 7.39. The summed E-state index contributed by atoms with van der Waals surface area (Å²) >= 11 is 0. The third-order valence-corrected chi connectivity index (χ3v) is 6.74. The van der Waals surface area contributed by atoms with Gasteiger partial charge in [0.05, 0.1) is 25.1 Å². The minimum atomic E-state index is -0.250. The monoisotopic (exact) mass is 486 g/mol. The lowest BCUT2D eigenvalue weighted by Crippen LogP contribution is -2.32. The number of nitrogens with zero attached hydrogens (tertiary/aromatic N) is 4. The van der Waals surface area contributed by atoms with Crippen molar-refractivity contribution in [3.05, 3.63) is 90.3 Å². The average molecular weight is 487 g/mol. The van der Waals surface area contributed by atoms with Crippen molar-refractivity contribution in [1.29, 1.82) is 0 Å². The Balaban J connectivity index is 1.49. The number of methoxy groups -OCH3 is 2. The van der Waals surface area contributed by atoms with Crippen LogP contribution in [0.3, 0.4) is 0 Å². The molecule has 7 heteroatoms. The number of halogens is 1. The van der Waals surface area contributed by atoms with Crippen LogP contribution in [0.5, 0.6) is 5.75 Å². The molecule has 0 spiro atoms. The second-order valence-corrected chi connectivity index (χ2v) is 9.11. The number of pyridine rings is 1. The standard InChI is InChI=1S/C29H31FN4O2/c1-35-17-16-33(19-21-4-3-5-26(18-21)36-2)20-25-10-11-27-32-28(22-6-8-24(30)9-7-22)29(34(25)27)23-12-14-31-15-13-23/h3-9,12-15,18,25H,10-11,16-17,19-20H2,1-2H3. The summed E-state index contributed by atoms with van der Waals surface area (Å²) in [5.74, 6) is 1.68. The van der Waals surface area contributed by atoms with E-state index in [1.807, 2.05) is 24.3 Å². The zero-order valence-corrected chi connectivity index (χ0v) is 20.7. The molecule has 4 aromatic rings. The molecule has 6 nitrogen and oxygen atoms in total. The largest absolute Gasteiger partial charge is 0.497 e. The van der Waals surface area contributed by atoms with Gasteiger partial charge in [0.25, 0.3) is 0 Å². The van der Waals surface area contributed by atoms with Crippen molar-refractivity contribution in [1.82, 2.24) is 19.4 Å². The molecular weight excluding hydrogens is 455 g/mol. The van der Waals surface area contributed by atoms with Crippen molar-refractivity contribution in [2.75, 3.05) is 33.9 Å². The van der Waals surface area contributed by atoms with Crippen molar-refractivity contribution >= 4 is 0 Å². The van der Waals surface area contributed by atoms with Gasteiger partial charge in [-0.2, -0.15) is 0 Å². The zero-order valence-electron chi connectivity index (χ0n) is 20.7. The molecule has 0 aliphatic carbocycles. The second-order valence-electron chi connectivity index (χ2n) is 9.11. The number of imidazole rings is 1. The lowest BCUT2D eigenvalue weighted by atomic mass is 10.0. The summed E-state index contributed by atoms with van der Waals surface area (Å²) in [5, 5.41) is 0. The first-order chi connectivity index (χ1) is 17.7. The van der Waals surface area contributed by atoms with E-state index in [2.05, 4.69) is 26.6 Å². The second kappa shape index (κ2) is 11.0. The van der Waals surface area contributed by atoms with Gasteiger partial charge in [0.1, 0.15) is 17.4 Å². The summed E-state index contributed by atoms with van der Waals surface area (Å²) in [4.78, 5) is 11.7. The first-order valence-corrected chi connectivity index (χ1v) is 12.3. The lowest BCUT2D eigenvalue weighted by molar-refractivity contribution is 0.134. The van der Waals surface area contributed by atoms with Crippen LogP contribution < -0.4 is 4.74 Å². The van der Waals surface area contributed by atoms with Crippen molar-refractivity contribution in [3.63, 3.8) is 0 Å². The van der Waals surface area contributed by atoms with E-state index in [0.717, 1.165) is 66.6 Å². The van der Waals surface area contributed by atoms with Gasteiger partial charge in [0.15, 0.2) is 0 Å². The predicted molar refractivity (Wildman–Crippen MR) is 138 cm³/mol. The van der Waals surface area contributed by atoms with E-state index in [1.165, 1.54) is 17.7 Å². The third kappa shape index (κ3) is 5.17. The maximum Gasteiger partial charge on any atom is 0.123 e. The fourth-order valence-electron chi connectivity index (χ4n) is 5.02. The number of benzene rings is 2. The molecule has 3 heterocycles. The van der Waals surface area contributed by atoms with Crippen molar-refractivity contribution in [2.45, 2.75) is 25.4 Å². The fraction of sp³-hybridized carbons (Fsp3) is 0.310. The van der Waals surface area contributed by atoms with Gasteiger partial charge in [-0.25, -0.2) is 9.37 Å². The Morgan fingerprint density at radius 1 is 1.03 bits per heavy atom. The molecule has 1 aliphatic rings. The summed E-state index contributed by atoms with van der Waals surface area (Å²) < 4.78 is 26.9. The topological polar surface area (TPSA) is 52.4 Å². The Bertz CT molecular complexity index is 1290. The molecule has 0 bridgehead atoms. The predicted octanol–water partition coefficient (Wildman–Crippen LogP) is 5.40. The van der Waals surface area contributed by atoms with Crippen LogP contribution in [0, 0.1) is 5.82 Å². The minimum Gasteiger partial charge on any atom is -0.497 e. The highest BCUT2D eigenvalue weighted by Gasteiger charge is 2.31. The molecule has 186 valence electrons. The number of aromatic nitrogens is 3. The molecule has 36 heavy (non-hydrogen) atoms. The Morgan fingerprint density at radius 2 is 1.83 bits per heavy atom. The first kappa shape index (κ1) is 24.2. The van der Waals surface area contributed by atoms with Gasteiger partial charge in [-0.1, -0.05) is 12.1 Å². The van der Waals surface area contributed by atoms with E-state index in [1.54, 1.807) is 38.7 Å². The Labute approximate surface area is 211 Å². The highest BCUT2D eigenvalue weighted by molar-refractivity contribution is 5.79. The molecule has 0 N–H and O–H groups in total. The van der Waals surface area contributed by atoms with Gasteiger partial charge >= 0.3 is 0 Å². The molecule has 0 amide bonds. The van der Waals surface area contributed by atoms with Crippen LogP contribution in [0.25, 0.3) is 22.5 Å². The SMILES string of the molecule is COCCN(Cc1cccc(OC)c1)CC1CCc2nc(-c3ccc(F)cc3)c(-c3ccncc3)n21. The molecule has 2 aromatic carbocycles. The van der Waals surface area contributed by atoms with Crippen LogP contribution in [0.1, 0.15) is 23.9 Å². The number of hydrogen-bond donors (Lipinski definition) is 0. The quantitative estimate of drug-likeness (QED) is 0.301. The summed E-state index contributed by atoms with van der Waals surface area (Å²) in [7, 11) is 3.43. The molecule has 1 unspecified atom stereocenters. The van der Waals surface area contributed by atoms with Crippen molar-refractivity contribution in [2.24, 2.45) is 0 Å². The van der Waals surface area contributed by atoms with Gasteiger partial charge < -0.3 is 14.0 Å². The number of aryl methyl sites for hydroxylation is 1. The van der Waals surface area contributed by atoms with Crippen LogP contribution in [0.4, 0.5) is 4.39 Å². The van der Waals surface area contributed by atoms with Crippen molar-refractivity contribution in [3.8, 4) is 28.3 Å². The Morgan fingerprint density at radius 3 is 2.58 bits per heavy atom. The van der Waals surface area contributed by atoms with E-state index in [-0.39, 0.29) is 11.9 Å². The van der Waals surface area contributed by atoms with Gasteiger partial charge in [0, 0.05) is 62.7 Å². The highest BCUT2D eigenvalue weighted by Crippen LogP contribution is 2.40. The maximum atomic E-state index is 13.7. The molecule has 2 aromatic heterocycles. The molecule has 0 saturated carbocycles. The zero-order chi connectivity index (χ0) is 24.9. The Hall–Kier alpha value is -3.55. The molecule has 1 atom stereocenters. The first-order valence-electron chi connectivity index (χ1n) is 12.3. The third-order valence-electron chi connectivity index (χ3n) is 6.74. The van der Waals surface area contributed by atoms with Crippen LogP contribution in [0.15, 0.2) is 73.1 Å². The van der Waals surface area contributed by atoms with Crippen LogP contribution in [0.2, 0.25) is 0 Å². The van der Waals surface area contributed by atoms with Gasteiger partial charge in [-0.05, 0) is 60.5 Å².